The zero-order valence-corrected chi connectivity index (χ0v) is 29.9. The summed E-state index contributed by atoms with van der Waals surface area (Å²) < 4.78 is 32.3. The number of aliphatic hydroxyl groups excluding tert-OH is 1. The Labute approximate surface area is 309 Å². The van der Waals surface area contributed by atoms with Crippen molar-refractivity contribution in [1.29, 1.82) is 0 Å². The van der Waals surface area contributed by atoms with Crippen LogP contribution in [0.1, 0.15) is 51.7 Å². The molecule has 1 aliphatic rings. The van der Waals surface area contributed by atoms with Crippen LogP contribution in [0, 0.1) is 0 Å². The first-order valence-corrected chi connectivity index (χ1v) is 18.6. The minimum Gasteiger partial charge on any atom is -0.489 e. The number of benzene rings is 6. The summed E-state index contributed by atoms with van der Waals surface area (Å²) in [6, 6.07) is 49.8. The number of hydrogen-bond donors (Lipinski definition) is 1. The van der Waals surface area contributed by atoms with E-state index in [0.29, 0.717) is 55.2 Å². The molecule has 264 valence electrons. The molecule has 7 rings (SSSR count). The Morgan fingerprint density at radius 2 is 1.02 bits per heavy atom. The van der Waals surface area contributed by atoms with Crippen molar-refractivity contribution < 1.29 is 28.8 Å². The molecule has 6 aromatic carbocycles. The third kappa shape index (κ3) is 8.73. The van der Waals surface area contributed by atoms with Crippen LogP contribution in [0.25, 0.3) is 0 Å². The van der Waals surface area contributed by atoms with Gasteiger partial charge < -0.3 is 28.8 Å². The van der Waals surface area contributed by atoms with Crippen molar-refractivity contribution in [3.63, 3.8) is 0 Å². The normalized spacial score (nSPS) is 16.3. The molecule has 0 amide bonds. The van der Waals surface area contributed by atoms with E-state index in [0.717, 1.165) is 39.1 Å². The predicted octanol–water partition coefficient (Wildman–Crippen LogP) is 10.3. The second kappa shape index (κ2) is 17.2. The van der Waals surface area contributed by atoms with E-state index in [1.807, 2.05) is 152 Å². The number of fused-ring (bicyclic) bond motifs is 1. The van der Waals surface area contributed by atoms with Crippen molar-refractivity contribution in [3.8, 4) is 28.7 Å². The third-order valence-electron chi connectivity index (χ3n) is 8.84. The maximum Gasteiger partial charge on any atom is 0.162 e. The van der Waals surface area contributed by atoms with Gasteiger partial charge in [0, 0.05) is 12.1 Å². The lowest BCUT2D eigenvalue weighted by Crippen LogP contribution is -2.33. The Hall–Kier alpha value is -5.37. The monoisotopic (exact) mass is 710 g/mol. The van der Waals surface area contributed by atoms with Gasteiger partial charge in [-0.25, -0.2) is 0 Å². The molecule has 0 fully saturated rings. The average molecular weight is 711 g/mol. The summed E-state index contributed by atoms with van der Waals surface area (Å²) in [6.45, 7) is 3.61. The van der Waals surface area contributed by atoms with E-state index in [1.165, 1.54) is 0 Å². The molecule has 1 N–H and O–H groups in total. The number of ether oxygens (including phenoxy) is 5. The fourth-order valence-electron chi connectivity index (χ4n) is 6.20. The van der Waals surface area contributed by atoms with E-state index >= 15 is 0 Å². The molecule has 1 heterocycles. The smallest absolute Gasteiger partial charge is 0.162 e. The lowest BCUT2D eigenvalue weighted by molar-refractivity contribution is 0.0170. The molecule has 6 nitrogen and oxygen atoms in total. The molecular weight excluding hydrogens is 669 g/mol. The molecule has 1 aliphatic heterocycles. The van der Waals surface area contributed by atoms with Gasteiger partial charge in [-0.1, -0.05) is 134 Å². The Morgan fingerprint density at radius 3 is 1.54 bits per heavy atom. The van der Waals surface area contributed by atoms with Gasteiger partial charge in [-0.3, -0.25) is 0 Å². The molecule has 52 heavy (non-hydrogen) atoms. The van der Waals surface area contributed by atoms with E-state index in [4.69, 9.17) is 23.7 Å². The number of aliphatic hydroxyl groups is 1. The fourth-order valence-corrected chi connectivity index (χ4v) is 7.30. The Balaban J connectivity index is 1.22. The van der Waals surface area contributed by atoms with Gasteiger partial charge in [0.1, 0.15) is 49.8 Å². The lowest BCUT2D eigenvalue weighted by Gasteiger charge is -2.38. The molecule has 0 bridgehead atoms. The summed E-state index contributed by atoms with van der Waals surface area (Å²) >= 11 is 1.67. The fraction of sp³-hybridized carbons (Fsp3) is 0.200. The quantitative estimate of drug-likeness (QED) is 0.114. The topological polar surface area (TPSA) is 66.4 Å². The maximum atomic E-state index is 12.1. The molecule has 0 aromatic heterocycles. The van der Waals surface area contributed by atoms with Crippen molar-refractivity contribution in [1.82, 2.24) is 0 Å². The summed E-state index contributed by atoms with van der Waals surface area (Å²) in [5.41, 5.74) is 5.78. The van der Waals surface area contributed by atoms with E-state index < -0.39 is 12.2 Å². The molecule has 0 spiro atoms. The first-order valence-electron chi connectivity index (χ1n) is 17.6. The minimum absolute atomic E-state index is 0.324. The van der Waals surface area contributed by atoms with Crippen LogP contribution < -0.4 is 23.7 Å². The van der Waals surface area contributed by atoms with Crippen molar-refractivity contribution in [2.24, 2.45) is 0 Å². The molecular formula is C45H42O6S. The molecule has 0 aliphatic carbocycles. The maximum absolute atomic E-state index is 12.1. The largest absolute Gasteiger partial charge is 0.489 e. The molecule has 3 atom stereocenters. The number of hydrogen-bond acceptors (Lipinski definition) is 7. The van der Waals surface area contributed by atoms with Gasteiger partial charge in [-0.2, -0.15) is 11.8 Å². The summed E-state index contributed by atoms with van der Waals surface area (Å²) in [4.78, 5) is 0. The Kier molecular flexibility index (Phi) is 11.6. The van der Waals surface area contributed by atoms with E-state index in [2.05, 4.69) is 6.92 Å². The Morgan fingerprint density at radius 1 is 0.538 bits per heavy atom. The Bertz CT molecular complexity index is 2010. The van der Waals surface area contributed by atoms with Crippen LogP contribution in [0.4, 0.5) is 0 Å². The van der Waals surface area contributed by atoms with Crippen LogP contribution in [-0.2, 0) is 26.4 Å². The molecule has 0 radical (unpaired) electrons. The van der Waals surface area contributed by atoms with Crippen molar-refractivity contribution >= 4 is 11.8 Å². The summed E-state index contributed by atoms with van der Waals surface area (Å²) in [7, 11) is 0. The van der Waals surface area contributed by atoms with E-state index in [-0.39, 0.29) is 5.25 Å². The molecule has 0 saturated heterocycles. The van der Waals surface area contributed by atoms with E-state index in [9.17, 15) is 5.11 Å². The van der Waals surface area contributed by atoms with Gasteiger partial charge in [0.2, 0.25) is 0 Å². The highest BCUT2D eigenvalue weighted by atomic mass is 32.2. The van der Waals surface area contributed by atoms with Gasteiger partial charge in [-0.15, -0.1) is 0 Å². The number of rotatable bonds is 15. The summed E-state index contributed by atoms with van der Waals surface area (Å²) in [6.07, 6.45) is -1.57. The van der Waals surface area contributed by atoms with Crippen LogP contribution in [0.5, 0.6) is 28.7 Å². The summed E-state index contributed by atoms with van der Waals surface area (Å²) in [5.74, 6) is 3.84. The van der Waals surface area contributed by atoms with Gasteiger partial charge in [-0.05, 0) is 45.7 Å². The highest BCUT2D eigenvalue weighted by molar-refractivity contribution is 7.99. The van der Waals surface area contributed by atoms with Crippen LogP contribution in [0.2, 0.25) is 0 Å². The molecule has 0 unspecified atom stereocenters. The zero-order chi connectivity index (χ0) is 35.5. The zero-order valence-electron chi connectivity index (χ0n) is 29.1. The second-order valence-electron chi connectivity index (χ2n) is 12.5. The van der Waals surface area contributed by atoms with Gasteiger partial charge in [0.25, 0.3) is 0 Å². The highest BCUT2D eigenvalue weighted by Crippen LogP contribution is 2.53. The van der Waals surface area contributed by atoms with Gasteiger partial charge >= 0.3 is 0 Å². The van der Waals surface area contributed by atoms with Gasteiger partial charge in [0.05, 0.1) is 10.8 Å². The average Bonchev–Trinajstić information content (AvgIpc) is 3.20. The van der Waals surface area contributed by atoms with Crippen LogP contribution in [0.3, 0.4) is 0 Å². The number of thioether (sulfide) groups is 1. The van der Waals surface area contributed by atoms with Crippen LogP contribution >= 0.6 is 11.8 Å². The standard InChI is InChI=1S/C45H42O6S/c1-2-52-45-42-40(50-31-35-21-13-6-14-22-35)26-37(47-28-32-15-7-3-8-16-32)27-41(42)51-44(43(45)46)36-23-24-38(48-29-33-17-9-4-10-18-33)39(25-36)49-30-34-19-11-5-12-20-34/h3-27,43-46H,2,28-31H2,1H3/t43-,44-,45+/m1/s1. The van der Waals surface area contributed by atoms with Crippen LogP contribution in [0.15, 0.2) is 152 Å². The SMILES string of the molecule is CCS[C@H]1c2c(OCc3ccccc3)cc(OCc3ccccc3)cc2O[C@H](c2ccc(OCc3ccccc3)c(OCc3ccccc3)c2)[C@H]1O. The highest BCUT2D eigenvalue weighted by Gasteiger charge is 2.41. The second-order valence-corrected chi connectivity index (χ2v) is 14.0. The molecule has 6 aromatic rings. The first kappa shape index (κ1) is 35.1. The molecule has 7 heteroatoms. The van der Waals surface area contributed by atoms with Crippen molar-refractivity contribution in [2.45, 2.75) is 50.8 Å². The minimum atomic E-state index is -0.884. The van der Waals surface area contributed by atoms with E-state index in [1.54, 1.807) is 11.8 Å². The van der Waals surface area contributed by atoms with Crippen molar-refractivity contribution in [3.05, 3.63) is 185 Å². The third-order valence-corrected chi connectivity index (χ3v) is 10.0. The van der Waals surface area contributed by atoms with Crippen LogP contribution in [-0.4, -0.2) is 17.0 Å². The predicted molar refractivity (Wildman–Crippen MR) is 206 cm³/mol. The van der Waals surface area contributed by atoms with Crippen molar-refractivity contribution in [2.75, 3.05) is 5.75 Å². The molecule has 0 saturated carbocycles. The van der Waals surface area contributed by atoms with Gasteiger partial charge in [0.15, 0.2) is 17.6 Å². The summed E-state index contributed by atoms with van der Waals surface area (Å²) in [5, 5.41) is 11.8. The lowest BCUT2D eigenvalue weighted by atomic mass is 9.93. The first-order chi connectivity index (χ1) is 25.6.